The van der Waals surface area contributed by atoms with Gasteiger partial charge in [0.25, 0.3) is 0 Å². The standard InChI is InChI=1S/C14H21F3N4O2/c1-19-11-3-2-10(12(6-11)14(15,16)17)7-20-4-5-21-8-13(22)23-9-18/h2-3,6,19-21H,4-5,7-9,18H2,1H3. The first-order valence-corrected chi connectivity index (χ1v) is 7.03. The molecule has 1 aromatic carbocycles. The Morgan fingerprint density at radius 3 is 2.57 bits per heavy atom. The van der Waals surface area contributed by atoms with Gasteiger partial charge >= 0.3 is 12.1 Å². The maximum atomic E-state index is 13.0. The molecule has 6 nitrogen and oxygen atoms in total. The van der Waals surface area contributed by atoms with Crippen LogP contribution in [0.3, 0.4) is 0 Å². The van der Waals surface area contributed by atoms with Crippen molar-refractivity contribution in [2.75, 3.05) is 38.7 Å². The van der Waals surface area contributed by atoms with Gasteiger partial charge in [-0.3, -0.25) is 10.5 Å². The number of hydrogen-bond acceptors (Lipinski definition) is 6. The lowest BCUT2D eigenvalue weighted by molar-refractivity contribution is -0.142. The predicted octanol–water partition coefficient (Wildman–Crippen LogP) is 0.886. The summed E-state index contributed by atoms with van der Waals surface area (Å²) < 4.78 is 43.6. The maximum Gasteiger partial charge on any atom is 0.416 e. The summed E-state index contributed by atoms with van der Waals surface area (Å²) in [6.45, 7) is 0.718. The van der Waals surface area contributed by atoms with Crippen molar-refractivity contribution >= 4 is 11.7 Å². The molecule has 0 radical (unpaired) electrons. The summed E-state index contributed by atoms with van der Waals surface area (Å²) in [6, 6.07) is 4.11. The molecular weight excluding hydrogens is 313 g/mol. The van der Waals surface area contributed by atoms with E-state index < -0.39 is 17.7 Å². The van der Waals surface area contributed by atoms with Gasteiger partial charge in [-0.15, -0.1) is 0 Å². The summed E-state index contributed by atoms with van der Waals surface area (Å²) in [5.74, 6) is -0.477. The third-order valence-corrected chi connectivity index (χ3v) is 3.01. The van der Waals surface area contributed by atoms with Gasteiger partial charge in [0.15, 0.2) is 0 Å². The van der Waals surface area contributed by atoms with Crippen LogP contribution in [0.5, 0.6) is 0 Å². The molecule has 9 heteroatoms. The van der Waals surface area contributed by atoms with Crippen molar-refractivity contribution in [3.8, 4) is 0 Å². The lowest BCUT2D eigenvalue weighted by atomic mass is 10.1. The Balaban J connectivity index is 2.44. The molecule has 0 aliphatic carbocycles. The molecule has 0 fully saturated rings. The molecule has 130 valence electrons. The average Bonchev–Trinajstić information content (AvgIpc) is 2.50. The molecule has 0 saturated carbocycles. The monoisotopic (exact) mass is 334 g/mol. The minimum absolute atomic E-state index is 0.00352. The van der Waals surface area contributed by atoms with E-state index in [0.29, 0.717) is 18.8 Å². The van der Waals surface area contributed by atoms with E-state index in [9.17, 15) is 18.0 Å². The molecule has 0 amide bonds. The molecule has 5 N–H and O–H groups in total. The minimum Gasteiger partial charge on any atom is -0.449 e. The molecule has 0 bridgehead atoms. The SMILES string of the molecule is CNc1ccc(CNCCNCC(=O)OCN)c(C(F)(F)F)c1. The van der Waals surface area contributed by atoms with Gasteiger partial charge in [-0.25, -0.2) is 0 Å². The second-order valence-electron chi connectivity index (χ2n) is 4.66. The Hall–Kier alpha value is -1.84. The van der Waals surface area contributed by atoms with Crippen LogP contribution < -0.4 is 21.7 Å². The van der Waals surface area contributed by atoms with Gasteiger partial charge in [0.1, 0.15) is 6.73 Å². The highest BCUT2D eigenvalue weighted by Gasteiger charge is 2.33. The first-order chi connectivity index (χ1) is 10.9. The molecule has 0 unspecified atom stereocenters. The van der Waals surface area contributed by atoms with Crippen molar-refractivity contribution in [2.24, 2.45) is 5.73 Å². The fraction of sp³-hybridized carbons (Fsp3) is 0.500. The van der Waals surface area contributed by atoms with Crippen LogP contribution in [0.4, 0.5) is 18.9 Å². The van der Waals surface area contributed by atoms with Crippen LogP contribution >= 0.6 is 0 Å². The molecule has 1 rings (SSSR count). The van der Waals surface area contributed by atoms with Crippen LogP contribution in [0, 0.1) is 0 Å². The quantitative estimate of drug-likeness (QED) is 0.305. The summed E-state index contributed by atoms with van der Waals surface area (Å²) in [4.78, 5) is 11.0. The van der Waals surface area contributed by atoms with E-state index >= 15 is 0 Å². The van der Waals surface area contributed by atoms with E-state index in [0.717, 1.165) is 6.07 Å². The van der Waals surface area contributed by atoms with Crippen LogP contribution in [0.1, 0.15) is 11.1 Å². The maximum absolute atomic E-state index is 13.0. The van der Waals surface area contributed by atoms with Crippen LogP contribution in [-0.4, -0.2) is 39.4 Å². The number of alkyl halides is 3. The Bertz CT molecular complexity index is 509. The molecule has 0 atom stereocenters. The van der Waals surface area contributed by atoms with Crippen molar-refractivity contribution in [1.82, 2.24) is 10.6 Å². The lowest BCUT2D eigenvalue weighted by Crippen LogP contribution is -2.32. The first-order valence-electron chi connectivity index (χ1n) is 7.03. The fourth-order valence-corrected chi connectivity index (χ4v) is 1.88. The van der Waals surface area contributed by atoms with Gasteiger partial charge in [-0.2, -0.15) is 13.2 Å². The first kappa shape index (κ1) is 19.2. The van der Waals surface area contributed by atoms with Gasteiger partial charge in [0.05, 0.1) is 12.1 Å². The zero-order chi connectivity index (χ0) is 17.3. The van der Waals surface area contributed by atoms with Gasteiger partial charge in [-0.1, -0.05) is 6.07 Å². The molecular formula is C14H21F3N4O2. The number of anilines is 1. The number of benzene rings is 1. The van der Waals surface area contributed by atoms with E-state index in [4.69, 9.17) is 5.73 Å². The normalized spacial score (nSPS) is 11.3. The molecule has 0 saturated heterocycles. The number of hydrogen-bond donors (Lipinski definition) is 4. The highest BCUT2D eigenvalue weighted by Crippen LogP contribution is 2.33. The van der Waals surface area contributed by atoms with Gasteiger partial charge in [0, 0.05) is 32.4 Å². The van der Waals surface area contributed by atoms with Crippen LogP contribution in [-0.2, 0) is 22.3 Å². The summed E-state index contributed by atoms with van der Waals surface area (Å²) in [5, 5.41) is 8.38. The molecule has 0 heterocycles. The zero-order valence-corrected chi connectivity index (χ0v) is 12.8. The number of carbonyl (C=O) groups excluding carboxylic acids is 1. The number of esters is 1. The number of rotatable bonds is 9. The fourth-order valence-electron chi connectivity index (χ4n) is 1.88. The number of nitrogens with one attached hydrogen (secondary N) is 3. The van der Waals surface area contributed by atoms with E-state index in [2.05, 4.69) is 20.7 Å². The average molecular weight is 334 g/mol. The largest absolute Gasteiger partial charge is 0.449 e. The summed E-state index contributed by atoms with van der Waals surface area (Å²) in [7, 11) is 1.56. The Morgan fingerprint density at radius 1 is 1.26 bits per heavy atom. The van der Waals surface area contributed by atoms with E-state index in [-0.39, 0.29) is 25.4 Å². The van der Waals surface area contributed by atoms with E-state index in [1.807, 2.05) is 0 Å². The Morgan fingerprint density at radius 2 is 1.96 bits per heavy atom. The smallest absolute Gasteiger partial charge is 0.416 e. The molecule has 0 aromatic heterocycles. The number of nitrogens with two attached hydrogens (primary N) is 1. The van der Waals surface area contributed by atoms with Crippen molar-refractivity contribution in [1.29, 1.82) is 0 Å². The summed E-state index contributed by atoms with van der Waals surface area (Å²) in [5.41, 5.74) is 4.94. The highest BCUT2D eigenvalue weighted by atomic mass is 19.4. The van der Waals surface area contributed by atoms with Crippen LogP contribution in [0.15, 0.2) is 18.2 Å². The second kappa shape index (κ2) is 9.33. The van der Waals surface area contributed by atoms with Gasteiger partial charge < -0.3 is 20.7 Å². The molecule has 23 heavy (non-hydrogen) atoms. The van der Waals surface area contributed by atoms with Crippen molar-refractivity contribution in [3.05, 3.63) is 29.3 Å². The highest BCUT2D eigenvalue weighted by molar-refractivity contribution is 5.71. The second-order valence-corrected chi connectivity index (χ2v) is 4.66. The van der Waals surface area contributed by atoms with Gasteiger partial charge in [0.2, 0.25) is 0 Å². The summed E-state index contributed by atoms with van der Waals surface area (Å²) >= 11 is 0. The molecule has 0 aliphatic rings. The molecule has 0 aliphatic heterocycles. The number of halogens is 3. The third kappa shape index (κ3) is 6.85. The minimum atomic E-state index is -4.41. The zero-order valence-electron chi connectivity index (χ0n) is 12.8. The number of ether oxygens (including phenoxy) is 1. The Labute approximate surface area is 132 Å². The van der Waals surface area contributed by atoms with Crippen molar-refractivity contribution < 1.29 is 22.7 Å². The van der Waals surface area contributed by atoms with Crippen molar-refractivity contribution in [3.63, 3.8) is 0 Å². The van der Waals surface area contributed by atoms with E-state index in [1.165, 1.54) is 6.07 Å². The summed E-state index contributed by atoms with van der Waals surface area (Å²) in [6.07, 6.45) is -4.41. The van der Waals surface area contributed by atoms with Crippen molar-refractivity contribution in [2.45, 2.75) is 12.7 Å². The Kier molecular flexibility index (Phi) is 7.79. The third-order valence-electron chi connectivity index (χ3n) is 3.01. The molecule has 1 aromatic rings. The lowest BCUT2D eigenvalue weighted by Gasteiger charge is -2.15. The van der Waals surface area contributed by atoms with E-state index in [1.54, 1.807) is 13.1 Å². The van der Waals surface area contributed by atoms with Crippen LogP contribution in [0.2, 0.25) is 0 Å². The topological polar surface area (TPSA) is 88.4 Å². The number of carbonyl (C=O) groups is 1. The van der Waals surface area contributed by atoms with Crippen LogP contribution in [0.25, 0.3) is 0 Å². The molecule has 0 spiro atoms. The predicted molar refractivity (Wildman–Crippen MR) is 80.7 cm³/mol. The van der Waals surface area contributed by atoms with Gasteiger partial charge in [-0.05, 0) is 17.7 Å².